The minimum Gasteiger partial charge on any atom is -0.456 e. The van der Waals surface area contributed by atoms with Crippen LogP contribution < -0.4 is 0 Å². The van der Waals surface area contributed by atoms with Crippen molar-refractivity contribution in [2.75, 3.05) is 27.9 Å². The molecule has 4 aliphatic rings. The molecule has 4 rings (SSSR count). The van der Waals surface area contributed by atoms with E-state index in [0.717, 1.165) is 30.4 Å². The van der Waals surface area contributed by atoms with E-state index in [0.29, 0.717) is 50.7 Å². The van der Waals surface area contributed by atoms with Crippen LogP contribution in [0.15, 0.2) is 28.5 Å². The molecule has 0 radical (unpaired) electrons. The standard InChI is InChI=1S/C47H78N2O11/c1-13-33-21-27(2)20-28(3)22-39(56-11)44-40(57-12)24-30(5)43(58-44)41(52)45(53)49-19-15-14-16-35(49)46(54)59-42(29(4)23-32-17-18-36(50)38(25-32)55-10)31(6)37(51)26-34(33)48-60-47(7,8)9/h21,23,28,30-33,35-40,42-44,50-51H,13-20,22,24-26H2,1-12H3. The molecular weight excluding hydrogens is 769 g/mol. The fourth-order valence-corrected chi connectivity index (χ4v) is 9.72. The number of aliphatic hydroxyl groups is 2. The Morgan fingerprint density at radius 3 is 2.22 bits per heavy atom. The maximum Gasteiger partial charge on any atom is 0.329 e. The van der Waals surface area contributed by atoms with Crippen molar-refractivity contribution in [3.63, 3.8) is 0 Å². The first-order valence-corrected chi connectivity index (χ1v) is 22.6. The molecule has 0 spiro atoms. The topological polar surface area (TPSA) is 163 Å². The predicted molar refractivity (Wildman–Crippen MR) is 230 cm³/mol. The van der Waals surface area contributed by atoms with Crippen LogP contribution >= 0.6 is 0 Å². The predicted octanol–water partition coefficient (Wildman–Crippen LogP) is 6.75. The molecule has 3 fully saturated rings. The summed E-state index contributed by atoms with van der Waals surface area (Å²) in [7, 11) is 4.87. The van der Waals surface area contributed by atoms with E-state index < -0.39 is 71.8 Å². The molecule has 3 heterocycles. The van der Waals surface area contributed by atoms with Gasteiger partial charge in [-0.25, -0.2) is 4.79 Å². The first-order valence-electron chi connectivity index (χ1n) is 22.6. The highest BCUT2D eigenvalue weighted by Gasteiger charge is 2.48. The number of rotatable bonds is 7. The number of Topliss-reactive ketones (excluding diaryl/α,β-unsaturated/α-hetero) is 1. The number of carbonyl (C=O) groups is 3. The molecule has 3 aliphatic heterocycles. The molecule has 1 amide bonds. The summed E-state index contributed by atoms with van der Waals surface area (Å²) in [6, 6.07) is -0.990. The van der Waals surface area contributed by atoms with Gasteiger partial charge < -0.3 is 43.6 Å². The summed E-state index contributed by atoms with van der Waals surface area (Å²) < 4.78 is 30.6. The Balaban J connectivity index is 1.81. The maximum atomic E-state index is 14.5. The highest BCUT2D eigenvalue weighted by Crippen LogP contribution is 2.36. The number of amides is 1. The largest absolute Gasteiger partial charge is 0.456 e. The van der Waals surface area contributed by atoms with Crippen molar-refractivity contribution in [3.8, 4) is 0 Å². The van der Waals surface area contributed by atoms with Gasteiger partial charge in [0.1, 0.15) is 30.0 Å². The molecule has 2 saturated heterocycles. The summed E-state index contributed by atoms with van der Waals surface area (Å²) in [5, 5.41) is 27.4. The Labute approximate surface area is 359 Å². The SMILES string of the molecule is CCC1C=C(C)CC(C)CC(OC)C2OC(C(=O)C(=O)N3CCCCC3C(=O)OC(C(C)=CC3CCC(O)C(OC)C3)C(C)C(O)CC1=NOC(C)(C)C)C(C)CC2OC. The van der Waals surface area contributed by atoms with Gasteiger partial charge in [0.15, 0.2) is 0 Å². The number of hydrogen-bond acceptors (Lipinski definition) is 12. The zero-order valence-electron chi connectivity index (χ0n) is 38.7. The Morgan fingerprint density at radius 2 is 1.58 bits per heavy atom. The van der Waals surface area contributed by atoms with Crippen molar-refractivity contribution in [3.05, 3.63) is 23.3 Å². The van der Waals surface area contributed by atoms with E-state index in [9.17, 15) is 24.6 Å². The number of ketones is 1. The van der Waals surface area contributed by atoms with E-state index in [-0.39, 0.29) is 48.8 Å². The molecule has 2 N–H and O–H groups in total. The van der Waals surface area contributed by atoms with E-state index in [1.807, 2.05) is 41.5 Å². The second-order valence-corrected chi connectivity index (χ2v) is 19.3. The van der Waals surface area contributed by atoms with E-state index in [2.05, 4.69) is 32.9 Å². The molecule has 14 atom stereocenters. The van der Waals surface area contributed by atoms with Crippen molar-refractivity contribution < 1.29 is 53.1 Å². The monoisotopic (exact) mass is 847 g/mol. The smallest absolute Gasteiger partial charge is 0.329 e. The van der Waals surface area contributed by atoms with E-state index in [1.165, 1.54) is 4.90 Å². The zero-order chi connectivity index (χ0) is 44.5. The quantitative estimate of drug-likeness (QED) is 0.121. The first kappa shape index (κ1) is 50.0. The average Bonchev–Trinajstić information content (AvgIpc) is 3.21. The lowest BCUT2D eigenvalue weighted by molar-refractivity contribution is -0.199. The second-order valence-electron chi connectivity index (χ2n) is 19.3. The number of cyclic esters (lactones) is 1. The summed E-state index contributed by atoms with van der Waals surface area (Å²) in [6.45, 7) is 18.1. The van der Waals surface area contributed by atoms with Crippen LogP contribution in [0.2, 0.25) is 0 Å². The molecular formula is C47H78N2O11. The van der Waals surface area contributed by atoms with Crippen LogP contribution in [-0.2, 0) is 42.9 Å². The lowest BCUT2D eigenvalue weighted by atomic mass is 9.81. The van der Waals surface area contributed by atoms with E-state index in [1.54, 1.807) is 21.3 Å². The number of aliphatic hydroxyl groups excluding tert-OH is 2. The average molecular weight is 847 g/mol. The second kappa shape index (κ2) is 22.6. The third-order valence-electron chi connectivity index (χ3n) is 13.2. The fraction of sp³-hybridized carbons (Fsp3) is 0.830. The van der Waals surface area contributed by atoms with E-state index >= 15 is 0 Å². The molecule has 60 heavy (non-hydrogen) atoms. The lowest BCUT2D eigenvalue weighted by Gasteiger charge is -2.43. The van der Waals surface area contributed by atoms with Crippen molar-refractivity contribution in [2.24, 2.45) is 34.7 Å². The highest BCUT2D eigenvalue weighted by atomic mass is 16.6. The number of esters is 1. The van der Waals surface area contributed by atoms with Gasteiger partial charge in [0.2, 0.25) is 5.78 Å². The van der Waals surface area contributed by atoms with Crippen LogP contribution in [0.25, 0.3) is 0 Å². The van der Waals surface area contributed by atoms with Gasteiger partial charge in [-0.05, 0) is 122 Å². The maximum absolute atomic E-state index is 14.5. The van der Waals surface area contributed by atoms with Crippen molar-refractivity contribution in [2.45, 2.75) is 193 Å². The minimum absolute atomic E-state index is 0.0471. The fourth-order valence-electron chi connectivity index (χ4n) is 9.72. The Morgan fingerprint density at radius 1 is 0.917 bits per heavy atom. The van der Waals surface area contributed by atoms with Crippen LogP contribution in [0.5, 0.6) is 0 Å². The number of carbonyl (C=O) groups excluding carboxylic acids is 3. The number of hydrogen-bond donors (Lipinski definition) is 2. The summed E-state index contributed by atoms with van der Waals surface area (Å²) in [5.74, 6) is -2.92. The molecule has 0 aromatic heterocycles. The van der Waals surface area contributed by atoms with Crippen LogP contribution in [0.4, 0.5) is 0 Å². The Bertz CT molecular complexity index is 1520. The van der Waals surface area contributed by atoms with Gasteiger partial charge >= 0.3 is 5.97 Å². The number of ether oxygens (including phenoxy) is 5. The number of allylic oxidation sites excluding steroid dienone is 3. The molecule has 14 unspecified atom stereocenters. The van der Waals surface area contributed by atoms with Gasteiger partial charge in [0.25, 0.3) is 5.91 Å². The Hall–Kier alpha value is -2.68. The number of nitrogens with zero attached hydrogens (tertiary/aromatic N) is 2. The van der Waals surface area contributed by atoms with Gasteiger partial charge in [-0.1, -0.05) is 50.6 Å². The summed E-state index contributed by atoms with van der Waals surface area (Å²) in [4.78, 5) is 50.4. The number of methoxy groups -OCH3 is 3. The first-order chi connectivity index (χ1) is 28.3. The molecule has 342 valence electrons. The molecule has 13 heteroatoms. The normalized spacial score (nSPS) is 38.4. The van der Waals surface area contributed by atoms with Crippen molar-refractivity contribution in [1.29, 1.82) is 0 Å². The van der Waals surface area contributed by atoms with Crippen molar-refractivity contribution >= 4 is 23.4 Å². The number of piperidine rings is 1. The lowest BCUT2D eigenvalue weighted by Crippen LogP contribution is -2.58. The summed E-state index contributed by atoms with van der Waals surface area (Å²) >= 11 is 0. The summed E-state index contributed by atoms with van der Waals surface area (Å²) in [5.41, 5.74) is 2.03. The Kier molecular flexibility index (Phi) is 18.8. The molecule has 1 saturated carbocycles. The van der Waals surface area contributed by atoms with Crippen LogP contribution in [0.3, 0.4) is 0 Å². The molecule has 0 aromatic rings. The van der Waals surface area contributed by atoms with Crippen LogP contribution in [-0.4, -0.2) is 127 Å². The molecule has 0 aromatic carbocycles. The molecule has 2 bridgehead atoms. The number of fused-ring (bicyclic) bond motifs is 3. The van der Waals surface area contributed by atoms with Gasteiger partial charge in [0, 0.05) is 46.1 Å². The third-order valence-corrected chi connectivity index (χ3v) is 13.2. The van der Waals surface area contributed by atoms with Gasteiger partial charge in [-0.15, -0.1) is 0 Å². The van der Waals surface area contributed by atoms with Crippen LogP contribution in [0.1, 0.15) is 133 Å². The van der Waals surface area contributed by atoms with Crippen LogP contribution in [0, 0.1) is 29.6 Å². The summed E-state index contributed by atoms with van der Waals surface area (Å²) in [6.07, 6.45) is 5.48. The third kappa shape index (κ3) is 13.2. The van der Waals surface area contributed by atoms with E-state index in [4.69, 9.17) is 33.7 Å². The van der Waals surface area contributed by atoms with Gasteiger partial charge in [-0.3, -0.25) is 9.59 Å². The van der Waals surface area contributed by atoms with Crippen molar-refractivity contribution in [1.82, 2.24) is 4.90 Å². The highest BCUT2D eigenvalue weighted by molar-refractivity contribution is 6.38. The molecule has 13 nitrogen and oxygen atoms in total. The minimum atomic E-state index is -1.03. The van der Waals surface area contributed by atoms with Gasteiger partial charge in [0.05, 0.1) is 36.2 Å². The number of oxime groups is 1. The zero-order valence-corrected chi connectivity index (χ0v) is 38.7. The van der Waals surface area contributed by atoms with Gasteiger partial charge in [-0.2, -0.15) is 0 Å². The molecule has 1 aliphatic carbocycles.